The van der Waals surface area contributed by atoms with Crippen LogP contribution in [0.4, 0.5) is 4.79 Å². The van der Waals surface area contributed by atoms with E-state index in [1.807, 2.05) is 91.0 Å². The first-order valence-corrected chi connectivity index (χ1v) is 19.1. The van der Waals surface area contributed by atoms with Crippen LogP contribution in [0.3, 0.4) is 0 Å². The largest absolute Gasteiger partial charge is 0.392 e. The number of urea groups is 1. The SMILES string of the molecule is CC1C(CN2CCC(O)(c3ccc(Cl)cc3)CC2)OC(c2ccc(-c3cccc(CNC(=O)NCc4ccccc4)c3)cc2)OC1c1ccc(CO)cc1. The Balaban J connectivity index is 1.02. The molecule has 0 saturated carbocycles. The van der Waals surface area contributed by atoms with Crippen molar-refractivity contribution in [3.8, 4) is 11.1 Å². The zero-order valence-corrected chi connectivity index (χ0v) is 31.3. The molecule has 4 atom stereocenters. The van der Waals surface area contributed by atoms with E-state index in [0.29, 0.717) is 37.5 Å². The second kappa shape index (κ2) is 17.3. The van der Waals surface area contributed by atoms with Crippen molar-refractivity contribution in [2.45, 2.75) is 63.6 Å². The summed E-state index contributed by atoms with van der Waals surface area (Å²) in [6.07, 6.45) is 0.334. The Kier molecular flexibility index (Phi) is 12.1. The Bertz CT molecular complexity index is 1970. The third-order valence-corrected chi connectivity index (χ3v) is 11.1. The molecule has 2 aliphatic rings. The smallest absolute Gasteiger partial charge is 0.315 e. The molecule has 4 unspecified atom stereocenters. The predicted molar refractivity (Wildman–Crippen MR) is 211 cm³/mol. The van der Waals surface area contributed by atoms with Crippen molar-refractivity contribution in [3.63, 3.8) is 0 Å². The number of hydrogen-bond acceptors (Lipinski definition) is 6. The van der Waals surface area contributed by atoms with Crippen molar-refractivity contribution in [3.05, 3.63) is 166 Å². The summed E-state index contributed by atoms with van der Waals surface area (Å²) in [5.41, 5.74) is 7.00. The number of carbonyl (C=O) groups is 1. The van der Waals surface area contributed by atoms with Crippen LogP contribution in [0.15, 0.2) is 127 Å². The van der Waals surface area contributed by atoms with Crippen LogP contribution in [0.5, 0.6) is 0 Å². The van der Waals surface area contributed by atoms with Gasteiger partial charge in [0.1, 0.15) is 0 Å². The zero-order valence-electron chi connectivity index (χ0n) is 30.5. The number of hydrogen-bond donors (Lipinski definition) is 4. The molecule has 0 aromatic heterocycles. The number of likely N-dealkylation sites (tertiary alicyclic amines) is 1. The van der Waals surface area contributed by atoms with Gasteiger partial charge in [-0.3, -0.25) is 0 Å². The fraction of sp³-hybridized carbons (Fsp3) is 0.311. The third-order valence-electron chi connectivity index (χ3n) is 10.8. The average Bonchev–Trinajstić information content (AvgIpc) is 3.22. The lowest BCUT2D eigenvalue weighted by Gasteiger charge is -2.45. The fourth-order valence-corrected chi connectivity index (χ4v) is 7.58. The van der Waals surface area contributed by atoms with Crippen molar-refractivity contribution < 1.29 is 24.5 Å². The Labute approximate surface area is 322 Å². The molecular weight excluding hydrogens is 698 g/mol. The summed E-state index contributed by atoms with van der Waals surface area (Å²) in [5.74, 6) is 0.0503. The van der Waals surface area contributed by atoms with E-state index in [4.69, 9.17) is 21.1 Å². The summed E-state index contributed by atoms with van der Waals surface area (Å²) in [6, 6.07) is 41.6. The maximum Gasteiger partial charge on any atom is 0.315 e. The highest BCUT2D eigenvalue weighted by Crippen LogP contribution is 2.43. The number of halogens is 1. The number of nitrogens with one attached hydrogen (secondary N) is 2. The molecule has 2 aliphatic heterocycles. The minimum atomic E-state index is -0.877. The summed E-state index contributed by atoms with van der Waals surface area (Å²) < 4.78 is 13.5. The van der Waals surface area contributed by atoms with Gasteiger partial charge in [-0.2, -0.15) is 0 Å². The predicted octanol–water partition coefficient (Wildman–Crippen LogP) is 8.27. The van der Waals surface area contributed by atoms with Gasteiger partial charge in [-0.25, -0.2) is 4.79 Å². The first kappa shape index (κ1) is 37.8. The quantitative estimate of drug-likeness (QED) is 0.109. The van der Waals surface area contributed by atoms with Crippen LogP contribution >= 0.6 is 11.6 Å². The standard InChI is InChI=1S/C45H48ClN3O5/c1-31-41(29-49-24-22-45(52,23-25-49)39-18-20-40(46)21-19-39)53-43(54-42(31)36-12-10-33(30-50)11-13-36)37-16-14-35(15-17-37)38-9-5-8-34(26-38)28-48-44(51)47-27-32-6-3-2-4-7-32/h2-21,26,31,41-43,50,52H,22-25,27-30H2,1H3,(H2,47,48,51). The van der Waals surface area contributed by atoms with Crippen LogP contribution in [0.2, 0.25) is 5.02 Å². The fourth-order valence-electron chi connectivity index (χ4n) is 7.45. The molecule has 7 rings (SSSR count). The molecule has 2 heterocycles. The van der Waals surface area contributed by atoms with Gasteiger partial charge in [-0.1, -0.05) is 128 Å². The van der Waals surface area contributed by atoms with Crippen LogP contribution in [-0.4, -0.2) is 46.9 Å². The number of piperidine rings is 1. The van der Waals surface area contributed by atoms with Crippen LogP contribution in [0.25, 0.3) is 11.1 Å². The van der Waals surface area contributed by atoms with Gasteiger partial charge >= 0.3 is 6.03 Å². The van der Waals surface area contributed by atoms with Gasteiger partial charge in [0, 0.05) is 49.2 Å². The lowest BCUT2D eigenvalue weighted by Crippen LogP contribution is -2.49. The van der Waals surface area contributed by atoms with E-state index in [0.717, 1.165) is 57.6 Å². The number of amides is 2. The summed E-state index contributed by atoms with van der Waals surface area (Å²) in [5, 5.41) is 27.7. The normalized spacial score (nSPS) is 21.3. The zero-order chi connectivity index (χ0) is 37.5. The Hall–Kier alpha value is -4.54. The first-order valence-electron chi connectivity index (χ1n) is 18.7. The van der Waals surface area contributed by atoms with E-state index in [9.17, 15) is 15.0 Å². The molecule has 8 nitrogen and oxygen atoms in total. The number of carbonyl (C=O) groups excluding carboxylic acids is 1. The molecule has 280 valence electrons. The number of aliphatic hydroxyl groups is 2. The van der Waals surface area contributed by atoms with Crippen molar-refractivity contribution in [2.24, 2.45) is 5.92 Å². The number of nitrogens with zero attached hydrogens (tertiary/aromatic N) is 1. The summed E-state index contributed by atoms with van der Waals surface area (Å²) in [4.78, 5) is 14.8. The number of aliphatic hydroxyl groups excluding tert-OH is 1. The average molecular weight is 746 g/mol. The third kappa shape index (κ3) is 9.21. The van der Waals surface area contributed by atoms with Crippen LogP contribution < -0.4 is 10.6 Å². The molecule has 2 amide bonds. The maximum atomic E-state index is 12.4. The molecule has 2 saturated heterocycles. The van der Waals surface area contributed by atoms with E-state index in [2.05, 4.69) is 58.9 Å². The van der Waals surface area contributed by atoms with Crippen LogP contribution in [0.1, 0.15) is 65.5 Å². The van der Waals surface area contributed by atoms with Crippen LogP contribution in [-0.2, 0) is 34.8 Å². The lowest BCUT2D eigenvalue weighted by molar-refractivity contribution is -0.277. The molecule has 5 aromatic rings. The Morgan fingerprint density at radius 2 is 1.41 bits per heavy atom. The topological polar surface area (TPSA) is 103 Å². The highest BCUT2D eigenvalue weighted by atomic mass is 35.5. The van der Waals surface area contributed by atoms with Gasteiger partial charge in [0.2, 0.25) is 0 Å². The second-order valence-electron chi connectivity index (χ2n) is 14.5. The molecule has 0 aliphatic carbocycles. The minimum Gasteiger partial charge on any atom is -0.392 e. The van der Waals surface area contributed by atoms with Gasteiger partial charge in [0.25, 0.3) is 0 Å². The highest BCUT2D eigenvalue weighted by molar-refractivity contribution is 6.30. The van der Waals surface area contributed by atoms with Gasteiger partial charge in [0.15, 0.2) is 6.29 Å². The summed E-state index contributed by atoms with van der Waals surface area (Å²) >= 11 is 6.11. The van der Waals surface area contributed by atoms with Gasteiger partial charge in [-0.05, 0) is 70.0 Å². The van der Waals surface area contributed by atoms with Crippen molar-refractivity contribution in [1.82, 2.24) is 15.5 Å². The van der Waals surface area contributed by atoms with Gasteiger partial charge in [0.05, 0.1) is 24.4 Å². The highest BCUT2D eigenvalue weighted by Gasteiger charge is 2.41. The van der Waals surface area contributed by atoms with Gasteiger partial charge in [-0.15, -0.1) is 0 Å². The minimum absolute atomic E-state index is 0.0110. The van der Waals surface area contributed by atoms with Gasteiger partial charge < -0.3 is 35.2 Å². The Morgan fingerprint density at radius 1 is 0.759 bits per heavy atom. The molecule has 0 bridgehead atoms. The van der Waals surface area contributed by atoms with E-state index in [-0.39, 0.29) is 30.8 Å². The molecule has 4 N–H and O–H groups in total. The number of ether oxygens (including phenoxy) is 2. The van der Waals surface area contributed by atoms with Crippen LogP contribution in [0, 0.1) is 5.92 Å². The molecule has 5 aromatic carbocycles. The van der Waals surface area contributed by atoms with Crippen molar-refractivity contribution >= 4 is 17.6 Å². The molecule has 54 heavy (non-hydrogen) atoms. The number of rotatable bonds is 11. The number of benzene rings is 5. The van der Waals surface area contributed by atoms with E-state index in [1.54, 1.807) is 0 Å². The van der Waals surface area contributed by atoms with E-state index < -0.39 is 11.9 Å². The molecule has 0 spiro atoms. The maximum absolute atomic E-state index is 12.4. The summed E-state index contributed by atoms with van der Waals surface area (Å²) in [7, 11) is 0. The van der Waals surface area contributed by atoms with E-state index in [1.165, 1.54) is 0 Å². The molecule has 0 radical (unpaired) electrons. The first-order chi connectivity index (χ1) is 26.3. The molecule has 2 fully saturated rings. The van der Waals surface area contributed by atoms with E-state index >= 15 is 0 Å². The lowest BCUT2D eigenvalue weighted by atomic mass is 9.84. The van der Waals surface area contributed by atoms with Crippen molar-refractivity contribution in [2.75, 3.05) is 19.6 Å². The molecular formula is C45H48ClN3O5. The molecule has 9 heteroatoms. The van der Waals surface area contributed by atoms with Crippen molar-refractivity contribution in [1.29, 1.82) is 0 Å². The summed E-state index contributed by atoms with van der Waals surface area (Å²) in [6.45, 7) is 5.25. The monoisotopic (exact) mass is 745 g/mol. The Morgan fingerprint density at radius 3 is 2.09 bits per heavy atom. The second-order valence-corrected chi connectivity index (χ2v) is 14.9.